The lowest BCUT2D eigenvalue weighted by Gasteiger charge is -2.39. The molecule has 3 heterocycles. The van der Waals surface area contributed by atoms with Gasteiger partial charge in [-0.1, -0.05) is 21.9 Å². The average molecular weight is 396 g/mol. The van der Waals surface area contributed by atoms with Gasteiger partial charge in [0.2, 0.25) is 5.91 Å². The summed E-state index contributed by atoms with van der Waals surface area (Å²) in [4.78, 5) is 27.8. The zero-order chi connectivity index (χ0) is 20.6. The van der Waals surface area contributed by atoms with Crippen molar-refractivity contribution in [1.29, 1.82) is 0 Å². The first-order valence-electron chi connectivity index (χ1n) is 9.68. The Hall–Kier alpha value is -3.23. The van der Waals surface area contributed by atoms with Crippen molar-refractivity contribution in [3.8, 4) is 0 Å². The number of piperidine rings is 1. The van der Waals surface area contributed by atoms with Crippen molar-refractivity contribution < 1.29 is 14.2 Å². The number of benzene rings is 1. The van der Waals surface area contributed by atoms with Gasteiger partial charge in [0.1, 0.15) is 11.4 Å². The van der Waals surface area contributed by atoms with Crippen LogP contribution in [0.2, 0.25) is 0 Å². The molecule has 0 unspecified atom stereocenters. The van der Waals surface area contributed by atoms with Crippen molar-refractivity contribution >= 4 is 22.7 Å². The van der Waals surface area contributed by atoms with E-state index in [0.717, 1.165) is 22.9 Å². The van der Waals surface area contributed by atoms with Crippen LogP contribution in [0.25, 0.3) is 10.9 Å². The minimum absolute atomic E-state index is 0.111. The minimum atomic E-state index is -0.680. The molecule has 1 aromatic carbocycles. The highest BCUT2D eigenvalue weighted by atomic mass is 16.6. The number of aromatic nitrogens is 4. The molecule has 29 heavy (non-hydrogen) atoms. The third-order valence-corrected chi connectivity index (χ3v) is 5.62. The van der Waals surface area contributed by atoms with Gasteiger partial charge in [0.15, 0.2) is 5.69 Å². The first-order valence-corrected chi connectivity index (χ1v) is 9.68. The molecular weight excluding hydrogens is 372 g/mol. The summed E-state index contributed by atoms with van der Waals surface area (Å²) < 4.78 is 4.67. The van der Waals surface area contributed by atoms with E-state index in [9.17, 15) is 9.59 Å². The molecule has 0 saturated carbocycles. The van der Waals surface area contributed by atoms with Crippen LogP contribution in [0.15, 0.2) is 22.8 Å². The van der Waals surface area contributed by atoms with Gasteiger partial charge in [-0.2, -0.15) is 5.10 Å². The number of nitrogens with one attached hydrogen (secondary N) is 2. The number of fused-ring (bicyclic) bond motifs is 1. The normalized spacial score (nSPS) is 19.5. The Kier molecular flexibility index (Phi) is 4.81. The van der Waals surface area contributed by atoms with Crippen molar-refractivity contribution in [3.05, 3.63) is 40.8 Å². The lowest BCUT2D eigenvalue weighted by atomic mass is 9.80. The van der Waals surface area contributed by atoms with Crippen LogP contribution in [0.3, 0.4) is 0 Å². The molecule has 2 N–H and O–H groups in total. The highest BCUT2D eigenvalue weighted by Gasteiger charge is 2.40. The largest absolute Gasteiger partial charge is 0.350 e. The van der Waals surface area contributed by atoms with Gasteiger partial charge in [-0.05, 0) is 45.7 Å². The summed E-state index contributed by atoms with van der Waals surface area (Å²) in [6.45, 7) is 6.84. The van der Waals surface area contributed by atoms with Gasteiger partial charge in [-0.15, -0.1) is 0 Å². The van der Waals surface area contributed by atoms with E-state index in [2.05, 4.69) is 30.5 Å². The van der Waals surface area contributed by atoms with E-state index in [1.807, 2.05) is 32.0 Å². The summed E-state index contributed by atoms with van der Waals surface area (Å²) in [6.07, 6.45) is 1.46. The second kappa shape index (κ2) is 7.31. The summed E-state index contributed by atoms with van der Waals surface area (Å²) in [5.41, 5.74) is 2.86. The Bertz CT molecular complexity index is 1070. The highest BCUT2D eigenvalue weighted by Crippen LogP contribution is 2.31. The third kappa shape index (κ3) is 3.59. The Morgan fingerprint density at radius 3 is 2.90 bits per heavy atom. The van der Waals surface area contributed by atoms with Crippen LogP contribution in [0.1, 0.15) is 47.2 Å². The number of hydrogen-bond acceptors (Lipinski definition) is 6. The van der Waals surface area contributed by atoms with Gasteiger partial charge < -0.3 is 10.2 Å². The molecule has 3 aromatic rings. The first-order chi connectivity index (χ1) is 13.9. The van der Waals surface area contributed by atoms with E-state index in [1.54, 1.807) is 11.8 Å². The molecule has 9 nitrogen and oxygen atoms in total. The van der Waals surface area contributed by atoms with E-state index in [0.29, 0.717) is 36.6 Å². The van der Waals surface area contributed by atoms with Crippen LogP contribution in [-0.4, -0.2) is 50.3 Å². The lowest BCUT2D eigenvalue weighted by molar-refractivity contribution is -0.132. The van der Waals surface area contributed by atoms with Crippen LogP contribution in [0.5, 0.6) is 0 Å². The van der Waals surface area contributed by atoms with Crippen LogP contribution in [-0.2, 0) is 11.3 Å². The standard InChI is InChI=1S/C20H24N6O3/c1-12-5-6-15-14(9-12)17(23-22-15)18(27)26-8-4-7-20(3,11-26)19(28)21-10-16-13(2)24-29-25-16/h5-6,9H,4,7-8,10-11H2,1-3H3,(H,21,28)(H,22,23)/t20-/m0/s1. The van der Waals surface area contributed by atoms with Crippen LogP contribution < -0.4 is 5.32 Å². The molecule has 2 amide bonds. The lowest BCUT2D eigenvalue weighted by Crippen LogP contribution is -2.51. The highest BCUT2D eigenvalue weighted by molar-refractivity contribution is 6.05. The van der Waals surface area contributed by atoms with E-state index < -0.39 is 5.41 Å². The molecule has 0 spiro atoms. The number of aromatic amines is 1. The third-order valence-electron chi connectivity index (χ3n) is 5.62. The number of hydrogen-bond donors (Lipinski definition) is 2. The Morgan fingerprint density at radius 1 is 1.31 bits per heavy atom. The van der Waals surface area contributed by atoms with E-state index >= 15 is 0 Å². The Morgan fingerprint density at radius 2 is 2.14 bits per heavy atom. The van der Waals surface area contributed by atoms with Crippen molar-refractivity contribution in [2.45, 2.75) is 40.2 Å². The summed E-state index contributed by atoms with van der Waals surface area (Å²) in [7, 11) is 0. The van der Waals surface area contributed by atoms with Gasteiger partial charge in [0.05, 0.1) is 17.5 Å². The predicted octanol–water partition coefficient (Wildman–Crippen LogP) is 2.12. The fourth-order valence-electron chi connectivity index (χ4n) is 3.83. The minimum Gasteiger partial charge on any atom is -0.350 e. The van der Waals surface area contributed by atoms with Crippen LogP contribution in [0.4, 0.5) is 0 Å². The molecule has 0 bridgehead atoms. The van der Waals surface area contributed by atoms with Gasteiger partial charge in [0.25, 0.3) is 5.91 Å². The molecule has 1 aliphatic rings. The molecule has 1 saturated heterocycles. The zero-order valence-corrected chi connectivity index (χ0v) is 16.8. The number of aryl methyl sites for hydroxylation is 2. The second-order valence-electron chi connectivity index (χ2n) is 7.99. The number of carbonyl (C=O) groups excluding carboxylic acids is 2. The van der Waals surface area contributed by atoms with Gasteiger partial charge in [-0.3, -0.25) is 14.7 Å². The van der Waals surface area contributed by atoms with Crippen molar-refractivity contribution in [2.75, 3.05) is 13.1 Å². The summed E-state index contributed by atoms with van der Waals surface area (Å²) >= 11 is 0. The number of carbonyl (C=O) groups is 2. The molecule has 1 fully saturated rings. The quantitative estimate of drug-likeness (QED) is 0.698. The van der Waals surface area contributed by atoms with Crippen molar-refractivity contribution in [3.63, 3.8) is 0 Å². The van der Waals surface area contributed by atoms with E-state index in [4.69, 9.17) is 0 Å². The number of nitrogens with zero attached hydrogens (tertiary/aromatic N) is 4. The molecule has 0 radical (unpaired) electrons. The Labute approximate surface area is 167 Å². The fourth-order valence-corrected chi connectivity index (χ4v) is 3.83. The van der Waals surface area contributed by atoms with Crippen LogP contribution in [0, 0.1) is 19.3 Å². The molecular formula is C20H24N6O3. The molecule has 4 rings (SSSR count). The van der Waals surface area contributed by atoms with Gasteiger partial charge in [0, 0.05) is 18.5 Å². The van der Waals surface area contributed by atoms with Crippen LogP contribution >= 0.6 is 0 Å². The number of likely N-dealkylation sites (tertiary alicyclic amines) is 1. The molecule has 1 aliphatic heterocycles. The zero-order valence-electron chi connectivity index (χ0n) is 16.8. The van der Waals surface area contributed by atoms with E-state index in [-0.39, 0.29) is 18.4 Å². The molecule has 152 valence electrons. The summed E-state index contributed by atoms with van der Waals surface area (Å²) in [5.74, 6) is -0.266. The maximum atomic E-state index is 13.2. The molecule has 0 aliphatic carbocycles. The molecule has 1 atom stereocenters. The fraction of sp³-hybridized carbons (Fsp3) is 0.450. The number of amides is 2. The maximum absolute atomic E-state index is 13.2. The summed E-state index contributed by atoms with van der Waals surface area (Å²) in [5, 5.41) is 18.4. The van der Waals surface area contributed by atoms with Crippen molar-refractivity contribution in [2.24, 2.45) is 5.41 Å². The number of H-pyrrole nitrogens is 1. The maximum Gasteiger partial charge on any atom is 0.275 e. The second-order valence-corrected chi connectivity index (χ2v) is 7.99. The number of rotatable bonds is 4. The van der Waals surface area contributed by atoms with Gasteiger partial charge in [-0.25, -0.2) is 4.63 Å². The SMILES string of the molecule is Cc1ccc2[nH]nc(C(=O)N3CCC[C@](C)(C(=O)NCc4nonc4C)C3)c2c1. The smallest absolute Gasteiger partial charge is 0.275 e. The van der Waals surface area contributed by atoms with Crippen molar-refractivity contribution in [1.82, 2.24) is 30.7 Å². The summed E-state index contributed by atoms with van der Waals surface area (Å²) in [6, 6.07) is 5.85. The van der Waals surface area contributed by atoms with E-state index in [1.165, 1.54) is 0 Å². The average Bonchev–Trinajstić information content (AvgIpc) is 3.31. The molecule has 2 aromatic heterocycles. The van der Waals surface area contributed by atoms with Gasteiger partial charge >= 0.3 is 0 Å². The predicted molar refractivity (Wildman–Crippen MR) is 105 cm³/mol. The first kappa shape index (κ1) is 19.1. The topological polar surface area (TPSA) is 117 Å². The Balaban J connectivity index is 1.49. The molecule has 9 heteroatoms. The monoisotopic (exact) mass is 396 g/mol.